The van der Waals surface area contributed by atoms with E-state index < -0.39 is 0 Å². The van der Waals surface area contributed by atoms with Crippen LogP contribution in [0.1, 0.15) is 52.4 Å². The molecule has 0 saturated carbocycles. The van der Waals surface area contributed by atoms with E-state index in [9.17, 15) is 9.59 Å². The summed E-state index contributed by atoms with van der Waals surface area (Å²) in [5.74, 6) is 1.18. The number of rotatable bonds is 8. The molecular weight excluding hydrogens is 564 g/mol. The number of halogens is 2. The van der Waals surface area contributed by atoms with Crippen LogP contribution in [-0.4, -0.2) is 26.0 Å². The highest BCUT2D eigenvalue weighted by Gasteiger charge is 2.22. The Hall–Kier alpha value is -2.64. The number of aryl methyl sites for hydroxylation is 1. The predicted octanol–water partition coefficient (Wildman–Crippen LogP) is 7.39. The number of hydrogen-bond acceptors (Lipinski definition) is 5. The molecule has 0 saturated heterocycles. The number of hydrogen-bond donors (Lipinski definition) is 0. The van der Waals surface area contributed by atoms with Crippen molar-refractivity contribution >= 4 is 43.6 Å². The molecule has 0 fully saturated rings. The fraction of sp³-hybridized carbons (Fsp3) is 0.259. The van der Waals surface area contributed by atoms with Crippen molar-refractivity contribution in [1.29, 1.82) is 0 Å². The van der Waals surface area contributed by atoms with Crippen molar-refractivity contribution in [3.8, 4) is 17.2 Å². The van der Waals surface area contributed by atoms with Crippen molar-refractivity contribution in [1.82, 2.24) is 0 Å². The summed E-state index contributed by atoms with van der Waals surface area (Å²) in [6.07, 6.45) is 0.130. The predicted molar refractivity (Wildman–Crippen MR) is 139 cm³/mol. The Labute approximate surface area is 216 Å². The quantitative estimate of drug-likeness (QED) is 0.202. The molecule has 0 aliphatic heterocycles. The van der Waals surface area contributed by atoms with Gasteiger partial charge in [0.25, 0.3) is 0 Å². The summed E-state index contributed by atoms with van der Waals surface area (Å²) >= 11 is 7.08. The second-order valence-electron chi connectivity index (χ2n) is 8.19. The van der Waals surface area contributed by atoms with E-state index in [1.165, 1.54) is 7.11 Å². The number of ketones is 1. The SMILES string of the molecule is COC(=O)Cc1cc(Br)c(Oc2cc(C(C)C)c(OC)cc2C(=O)c2cccc(C)c2)c(Br)c1. The highest BCUT2D eigenvalue weighted by atomic mass is 79.9. The molecule has 0 amide bonds. The Kier molecular flexibility index (Phi) is 8.55. The van der Waals surface area contributed by atoms with Gasteiger partial charge in [0.05, 0.1) is 35.1 Å². The molecule has 5 nitrogen and oxygen atoms in total. The van der Waals surface area contributed by atoms with Crippen LogP contribution in [-0.2, 0) is 16.0 Å². The highest BCUT2D eigenvalue weighted by molar-refractivity contribution is 9.11. The molecule has 7 heteroatoms. The number of carbonyl (C=O) groups is 2. The first-order chi connectivity index (χ1) is 16.1. The van der Waals surface area contributed by atoms with Crippen molar-refractivity contribution in [2.45, 2.75) is 33.1 Å². The number of esters is 1. The minimum absolute atomic E-state index is 0.130. The molecule has 0 heterocycles. The molecular formula is C27H26Br2O5. The largest absolute Gasteiger partial charge is 0.496 e. The molecule has 178 valence electrons. The van der Waals surface area contributed by atoms with Crippen molar-refractivity contribution in [3.63, 3.8) is 0 Å². The van der Waals surface area contributed by atoms with Crippen LogP contribution >= 0.6 is 31.9 Å². The zero-order valence-electron chi connectivity index (χ0n) is 19.7. The van der Waals surface area contributed by atoms with E-state index in [0.29, 0.717) is 37.3 Å². The van der Waals surface area contributed by atoms with Crippen LogP contribution in [0.15, 0.2) is 57.5 Å². The maximum absolute atomic E-state index is 13.5. The number of carbonyl (C=O) groups excluding carboxylic acids is 2. The summed E-state index contributed by atoms with van der Waals surface area (Å²) in [6.45, 7) is 6.05. The summed E-state index contributed by atoms with van der Waals surface area (Å²) in [5.41, 5.74) is 3.63. The van der Waals surface area contributed by atoms with Gasteiger partial charge in [-0.05, 0) is 80.6 Å². The summed E-state index contributed by atoms with van der Waals surface area (Å²) in [4.78, 5) is 25.2. The standard InChI is InChI=1S/C27H26Br2O5/c1-15(2)19-13-24(34-27-21(28)10-17(11-22(27)29)12-25(30)33-5)20(14-23(19)32-4)26(31)18-8-6-7-16(3)9-18/h6-11,13-15H,12H2,1-5H3. The monoisotopic (exact) mass is 588 g/mol. The van der Waals surface area contributed by atoms with E-state index >= 15 is 0 Å². The lowest BCUT2D eigenvalue weighted by atomic mass is 9.95. The van der Waals surface area contributed by atoms with Gasteiger partial charge in [0.15, 0.2) is 11.5 Å². The molecule has 0 aromatic heterocycles. The van der Waals surface area contributed by atoms with E-state index in [1.807, 2.05) is 31.2 Å². The normalized spacial score (nSPS) is 10.8. The first kappa shape index (κ1) is 26.0. The minimum Gasteiger partial charge on any atom is -0.496 e. The summed E-state index contributed by atoms with van der Waals surface area (Å²) in [5, 5.41) is 0. The van der Waals surface area contributed by atoms with Gasteiger partial charge < -0.3 is 14.2 Å². The van der Waals surface area contributed by atoms with Gasteiger partial charge in [0.1, 0.15) is 11.5 Å². The first-order valence-electron chi connectivity index (χ1n) is 10.7. The van der Waals surface area contributed by atoms with E-state index in [-0.39, 0.29) is 24.1 Å². The Morgan fingerprint density at radius 1 is 0.941 bits per heavy atom. The summed E-state index contributed by atoms with van der Waals surface area (Å²) < 4.78 is 18.0. The van der Waals surface area contributed by atoms with Crippen molar-refractivity contribution in [2.75, 3.05) is 14.2 Å². The lowest BCUT2D eigenvalue weighted by molar-refractivity contribution is -0.139. The van der Waals surface area contributed by atoms with Crippen LogP contribution in [0, 0.1) is 6.92 Å². The van der Waals surface area contributed by atoms with Crippen LogP contribution in [0.4, 0.5) is 0 Å². The molecule has 34 heavy (non-hydrogen) atoms. The molecule has 0 aliphatic carbocycles. The lowest BCUT2D eigenvalue weighted by Gasteiger charge is -2.19. The maximum Gasteiger partial charge on any atom is 0.309 e. The Morgan fingerprint density at radius 2 is 1.62 bits per heavy atom. The topological polar surface area (TPSA) is 61.8 Å². The zero-order chi connectivity index (χ0) is 25.0. The molecule has 0 atom stereocenters. The van der Waals surface area contributed by atoms with E-state index in [4.69, 9.17) is 14.2 Å². The third kappa shape index (κ3) is 5.88. The third-order valence-electron chi connectivity index (χ3n) is 5.33. The molecule has 0 N–H and O–H groups in total. The summed E-state index contributed by atoms with van der Waals surface area (Å²) in [7, 11) is 2.95. The fourth-order valence-electron chi connectivity index (χ4n) is 3.57. The Morgan fingerprint density at radius 3 is 2.18 bits per heavy atom. The van der Waals surface area contributed by atoms with Crippen molar-refractivity contribution in [3.05, 3.63) is 85.3 Å². The average molecular weight is 590 g/mol. The average Bonchev–Trinajstić information content (AvgIpc) is 2.80. The molecule has 3 aromatic rings. The van der Waals surface area contributed by atoms with Gasteiger partial charge in [-0.3, -0.25) is 9.59 Å². The van der Waals surface area contributed by atoms with Gasteiger partial charge in [-0.25, -0.2) is 0 Å². The van der Waals surface area contributed by atoms with Gasteiger partial charge in [-0.1, -0.05) is 37.6 Å². The Balaban J connectivity index is 2.12. The van der Waals surface area contributed by atoms with Gasteiger partial charge in [-0.15, -0.1) is 0 Å². The van der Waals surface area contributed by atoms with Gasteiger partial charge in [0, 0.05) is 11.1 Å². The van der Waals surface area contributed by atoms with Crippen LogP contribution < -0.4 is 9.47 Å². The molecule has 3 aromatic carbocycles. The van der Waals surface area contributed by atoms with Gasteiger partial charge in [-0.2, -0.15) is 0 Å². The second-order valence-corrected chi connectivity index (χ2v) is 9.90. The number of methoxy groups -OCH3 is 2. The molecule has 0 spiro atoms. The third-order valence-corrected chi connectivity index (χ3v) is 6.50. The maximum atomic E-state index is 13.5. The zero-order valence-corrected chi connectivity index (χ0v) is 22.9. The van der Waals surface area contributed by atoms with Crippen molar-refractivity contribution in [2.24, 2.45) is 0 Å². The number of ether oxygens (including phenoxy) is 3. The smallest absolute Gasteiger partial charge is 0.309 e. The summed E-state index contributed by atoms with van der Waals surface area (Å²) in [6, 6.07) is 14.6. The van der Waals surface area contributed by atoms with Crippen LogP contribution in [0.2, 0.25) is 0 Å². The molecule has 0 aliphatic rings. The van der Waals surface area contributed by atoms with Crippen LogP contribution in [0.25, 0.3) is 0 Å². The van der Waals surface area contributed by atoms with Gasteiger partial charge >= 0.3 is 5.97 Å². The number of benzene rings is 3. The highest BCUT2D eigenvalue weighted by Crippen LogP contribution is 2.42. The second kappa shape index (κ2) is 11.2. The van der Waals surface area contributed by atoms with E-state index in [0.717, 1.165) is 16.7 Å². The van der Waals surface area contributed by atoms with E-state index in [2.05, 4.69) is 45.7 Å². The lowest BCUT2D eigenvalue weighted by Crippen LogP contribution is -2.07. The molecule has 0 radical (unpaired) electrons. The van der Waals surface area contributed by atoms with E-state index in [1.54, 1.807) is 31.4 Å². The molecule has 0 unspecified atom stereocenters. The molecule has 3 rings (SSSR count). The molecule has 0 bridgehead atoms. The first-order valence-corrected chi connectivity index (χ1v) is 12.3. The fourth-order valence-corrected chi connectivity index (χ4v) is 5.01. The van der Waals surface area contributed by atoms with Crippen molar-refractivity contribution < 1.29 is 23.8 Å². The van der Waals surface area contributed by atoms with Crippen LogP contribution in [0.5, 0.6) is 17.2 Å². The van der Waals surface area contributed by atoms with Crippen LogP contribution in [0.3, 0.4) is 0 Å². The minimum atomic E-state index is -0.338. The van der Waals surface area contributed by atoms with Gasteiger partial charge in [0.2, 0.25) is 0 Å². The Bertz CT molecular complexity index is 1210.